The minimum Gasteiger partial charge on any atom is -0.497 e. The molecule has 154 valence electrons. The van der Waals surface area contributed by atoms with Crippen LogP contribution in [0.1, 0.15) is 29.0 Å². The smallest absolute Gasteiger partial charge is 0.224 e. The van der Waals surface area contributed by atoms with E-state index in [1.54, 1.807) is 20.1 Å². The lowest BCUT2D eigenvalue weighted by molar-refractivity contribution is -0.126. The molecule has 29 heavy (non-hydrogen) atoms. The van der Waals surface area contributed by atoms with Crippen LogP contribution >= 0.6 is 0 Å². The summed E-state index contributed by atoms with van der Waals surface area (Å²) >= 11 is 0. The van der Waals surface area contributed by atoms with E-state index in [1.807, 2.05) is 24.3 Å². The Kier molecular flexibility index (Phi) is 7.04. The molecule has 1 fully saturated rings. The minimum absolute atomic E-state index is 0.0492. The van der Waals surface area contributed by atoms with Gasteiger partial charge in [-0.15, -0.1) is 6.58 Å². The first kappa shape index (κ1) is 21.1. The number of methoxy groups -OCH3 is 1. The minimum atomic E-state index is -0.195. The predicted molar refractivity (Wildman–Crippen MR) is 113 cm³/mol. The SMILES string of the molecule is C=CCNC(=O)C1CC(c2ccc(F)c(C)c2)CN(Cc2ccc(OC)cc2)C1. The first-order valence-corrected chi connectivity index (χ1v) is 10.00. The van der Waals surface area contributed by atoms with Crippen molar-refractivity contribution in [2.24, 2.45) is 5.92 Å². The van der Waals surface area contributed by atoms with Crippen LogP contribution in [0.4, 0.5) is 4.39 Å². The monoisotopic (exact) mass is 396 g/mol. The lowest BCUT2D eigenvalue weighted by Crippen LogP contribution is -2.45. The fourth-order valence-electron chi connectivity index (χ4n) is 3.98. The van der Waals surface area contributed by atoms with Crippen LogP contribution in [-0.2, 0) is 11.3 Å². The van der Waals surface area contributed by atoms with Crippen molar-refractivity contribution in [2.45, 2.75) is 25.8 Å². The van der Waals surface area contributed by atoms with Gasteiger partial charge in [0.2, 0.25) is 5.91 Å². The van der Waals surface area contributed by atoms with Crippen LogP contribution < -0.4 is 10.1 Å². The number of carbonyl (C=O) groups excluding carboxylic acids is 1. The molecule has 1 aliphatic heterocycles. The number of nitrogens with zero attached hydrogens (tertiary/aromatic N) is 1. The molecule has 0 saturated carbocycles. The molecule has 2 unspecified atom stereocenters. The van der Waals surface area contributed by atoms with Gasteiger partial charge in [0.1, 0.15) is 11.6 Å². The van der Waals surface area contributed by atoms with E-state index in [0.717, 1.165) is 30.8 Å². The van der Waals surface area contributed by atoms with Gasteiger partial charge in [-0.25, -0.2) is 4.39 Å². The number of carbonyl (C=O) groups is 1. The number of halogens is 1. The molecule has 3 rings (SSSR count). The van der Waals surface area contributed by atoms with Gasteiger partial charge in [0.05, 0.1) is 13.0 Å². The van der Waals surface area contributed by atoms with Crippen molar-refractivity contribution in [3.63, 3.8) is 0 Å². The van der Waals surface area contributed by atoms with Gasteiger partial charge in [0.25, 0.3) is 0 Å². The van der Waals surface area contributed by atoms with Crippen LogP contribution in [0, 0.1) is 18.7 Å². The van der Waals surface area contributed by atoms with Crippen molar-refractivity contribution in [3.8, 4) is 5.75 Å². The summed E-state index contributed by atoms with van der Waals surface area (Å²) in [5.41, 5.74) is 2.90. The summed E-state index contributed by atoms with van der Waals surface area (Å²) in [4.78, 5) is 15.0. The number of benzene rings is 2. The molecular formula is C24H29FN2O2. The summed E-state index contributed by atoms with van der Waals surface area (Å²) in [6.07, 6.45) is 2.45. The second-order valence-electron chi connectivity index (χ2n) is 7.71. The Hall–Kier alpha value is -2.66. The molecule has 1 N–H and O–H groups in total. The van der Waals surface area contributed by atoms with Gasteiger partial charge in [-0.1, -0.05) is 30.3 Å². The zero-order chi connectivity index (χ0) is 20.8. The fourth-order valence-corrected chi connectivity index (χ4v) is 3.98. The van der Waals surface area contributed by atoms with Gasteiger partial charge in [0, 0.05) is 26.2 Å². The first-order valence-electron chi connectivity index (χ1n) is 10.00. The second-order valence-corrected chi connectivity index (χ2v) is 7.71. The predicted octanol–water partition coefficient (Wildman–Crippen LogP) is 4.05. The normalized spacial score (nSPS) is 19.6. The van der Waals surface area contributed by atoms with Gasteiger partial charge in [-0.05, 0) is 54.2 Å². The van der Waals surface area contributed by atoms with Crippen LogP contribution in [-0.4, -0.2) is 37.6 Å². The molecule has 1 aliphatic rings. The van der Waals surface area contributed by atoms with E-state index < -0.39 is 0 Å². The van der Waals surface area contributed by atoms with Crippen LogP contribution in [0.25, 0.3) is 0 Å². The average Bonchev–Trinajstić information content (AvgIpc) is 2.74. The quantitative estimate of drug-likeness (QED) is 0.718. The summed E-state index contributed by atoms with van der Waals surface area (Å²) < 4.78 is 19.0. The summed E-state index contributed by atoms with van der Waals surface area (Å²) in [5.74, 6) is 0.750. The van der Waals surface area contributed by atoms with Crippen LogP contribution in [0.3, 0.4) is 0 Å². The molecular weight excluding hydrogens is 367 g/mol. The third-order valence-electron chi connectivity index (χ3n) is 5.54. The molecule has 1 heterocycles. The number of hydrogen-bond acceptors (Lipinski definition) is 3. The number of amides is 1. The molecule has 2 atom stereocenters. The van der Waals surface area contributed by atoms with Gasteiger partial charge in [-0.2, -0.15) is 0 Å². The molecule has 1 saturated heterocycles. The Bertz CT molecular complexity index is 850. The van der Waals surface area contributed by atoms with Gasteiger partial charge in [0.15, 0.2) is 0 Å². The zero-order valence-corrected chi connectivity index (χ0v) is 17.2. The Morgan fingerprint density at radius 3 is 2.69 bits per heavy atom. The molecule has 0 aromatic heterocycles. The summed E-state index contributed by atoms with van der Waals surface area (Å²) in [6.45, 7) is 8.21. The van der Waals surface area contributed by atoms with Crippen molar-refractivity contribution in [2.75, 3.05) is 26.7 Å². The Balaban J connectivity index is 1.79. The van der Waals surface area contributed by atoms with E-state index >= 15 is 0 Å². The standard InChI is InChI=1S/C24H29FN2O2/c1-4-11-26-24(28)21-13-20(19-7-10-23(25)17(2)12-19)15-27(16-21)14-18-5-8-22(29-3)9-6-18/h4-10,12,20-21H,1,11,13-16H2,2-3H3,(H,26,28). The number of hydrogen-bond donors (Lipinski definition) is 1. The van der Waals surface area contributed by atoms with E-state index in [4.69, 9.17) is 4.74 Å². The number of likely N-dealkylation sites (tertiary alicyclic amines) is 1. The number of rotatable bonds is 7. The van der Waals surface area contributed by atoms with Crippen molar-refractivity contribution in [1.82, 2.24) is 10.2 Å². The van der Waals surface area contributed by atoms with Crippen molar-refractivity contribution in [1.29, 1.82) is 0 Å². The molecule has 5 heteroatoms. The highest BCUT2D eigenvalue weighted by atomic mass is 19.1. The summed E-state index contributed by atoms with van der Waals surface area (Å²) in [7, 11) is 1.65. The molecule has 2 aromatic rings. The van der Waals surface area contributed by atoms with E-state index in [9.17, 15) is 9.18 Å². The molecule has 2 aromatic carbocycles. The van der Waals surface area contributed by atoms with Crippen molar-refractivity contribution in [3.05, 3.63) is 77.6 Å². The fraction of sp³-hybridized carbons (Fsp3) is 0.375. The largest absolute Gasteiger partial charge is 0.497 e. The lowest BCUT2D eigenvalue weighted by Gasteiger charge is -2.37. The summed E-state index contributed by atoms with van der Waals surface area (Å²) in [5, 5.41) is 2.93. The topological polar surface area (TPSA) is 41.6 Å². The molecule has 0 radical (unpaired) electrons. The maximum Gasteiger partial charge on any atom is 0.224 e. The number of ether oxygens (including phenoxy) is 1. The van der Waals surface area contributed by atoms with E-state index in [-0.39, 0.29) is 23.6 Å². The van der Waals surface area contributed by atoms with Crippen LogP contribution in [0.5, 0.6) is 5.75 Å². The number of piperidine rings is 1. The van der Waals surface area contributed by atoms with Crippen molar-refractivity contribution >= 4 is 5.91 Å². The number of nitrogens with one attached hydrogen (secondary N) is 1. The van der Waals surface area contributed by atoms with E-state index in [0.29, 0.717) is 18.7 Å². The molecule has 0 aliphatic carbocycles. The second kappa shape index (κ2) is 9.70. The highest BCUT2D eigenvalue weighted by Crippen LogP contribution is 2.32. The lowest BCUT2D eigenvalue weighted by atomic mass is 9.83. The molecule has 4 nitrogen and oxygen atoms in total. The third kappa shape index (κ3) is 5.45. The molecule has 0 bridgehead atoms. The van der Waals surface area contributed by atoms with Crippen LogP contribution in [0.2, 0.25) is 0 Å². The number of aryl methyl sites for hydroxylation is 1. The van der Waals surface area contributed by atoms with E-state index in [2.05, 4.69) is 28.9 Å². The average molecular weight is 397 g/mol. The van der Waals surface area contributed by atoms with Crippen molar-refractivity contribution < 1.29 is 13.9 Å². The van der Waals surface area contributed by atoms with E-state index in [1.165, 1.54) is 11.6 Å². The highest BCUT2D eigenvalue weighted by molar-refractivity contribution is 5.79. The Morgan fingerprint density at radius 2 is 2.03 bits per heavy atom. The zero-order valence-electron chi connectivity index (χ0n) is 17.2. The Morgan fingerprint density at radius 1 is 1.28 bits per heavy atom. The third-order valence-corrected chi connectivity index (χ3v) is 5.54. The van der Waals surface area contributed by atoms with Crippen LogP contribution in [0.15, 0.2) is 55.1 Å². The van der Waals surface area contributed by atoms with Gasteiger partial charge < -0.3 is 10.1 Å². The maximum absolute atomic E-state index is 13.7. The highest BCUT2D eigenvalue weighted by Gasteiger charge is 2.32. The first-order chi connectivity index (χ1) is 14.0. The molecule has 1 amide bonds. The Labute approximate surface area is 172 Å². The molecule has 0 spiro atoms. The van der Waals surface area contributed by atoms with Gasteiger partial charge in [-0.3, -0.25) is 9.69 Å². The maximum atomic E-state index is 13.7. The van der Waals surface area contributed by atoms with Gasteiger partial charge >= 0.3 is 0 Å². The summed E-state index contributed by atoms with van der Waals surface area (Å²) in [6, 6.07) is 13.3.